The van der Waals surface area contributed by atoms with E-state index in [0.29, 0.717) is 11.8 Å². The van der Waals surface area contributed by atoms with Crippen LogP contribution < -0.4 is 10.2 Å². The van der Waals surface area contributed by atoms with Crippen molar-refractivity contribution in [1.82, 2.24) is 5.32 Å². The number of rotatable bonds is 6. The van der Waals surface area contributed by atoms with Crippen LogP contribution >= 0.6 is 0 Å². The molecule has 1 aromatic rings. The van der Waals surface area contributed by atoms with Crippen LogP contribution in [0, 0.1) is 0 Å². The standard InChI is InChI=1S/C16H26N2O2S/c1-4-15(17-5-2)14-8-6-7-9-16(14)18(3)13-10-11-21(19,20)12-13/h6-9,13,15,17H,4-5,10-12H2,1-3H3. The van der Waals surface area contributed by atoms with Crippen LogP contribution in [-0.4, -0.2) is 39.6 Å². The summed E-state index contributed by atoms with van der Waals surface area (Å²) in [5.41, 5.74) is 2.40. The highest BCUT2D eigenvalue weighted by molar-refractivity contribution is 7.91. The highest BCUT2D eigenvalue weighted by Crippen LogP contribution is 2.31. The fraction of sp³-hybridized carbons (Fsp3) is 0.625. The molecule has 1 saturated heterocycles. The molecule has 2 unspecified atom stereocenters. The Hall–Kier alpha value is -1.07. The van der Waals surface area contributed by atoms with Crippen molar-refractivity contribution in [3.8, 4) is 0 Å². The molecule has 0 saturated carbocycles. The molecule has 1 aliphatic rings. The largest absolute Gasteiger partial charge is 0.370 e. The van der Waals surface area contributed by atoms with Gasteiger partial charge in [0, 0.05) is 24.8 Å². The van der Waals surface area contributed by atoms with Crippen molar-refractivity contribution in [2.45, 2.75) is 38.8 Å². The Labute approximate surface area is 128 Å². The normalized spacial score (nSPS) is 22.1. The topological polar surface area (TPSA) is 49.4 Å². The highest BCUT2D eigenvalue weighted by atomic mass is 32.2. The zero-order chi connectivity index (χ0) is 15.5. The molecule has 0 aromatic heterocycles. The van der Waals surface area contributed by atoms with Crippen molar-refractivity contribution in [2.75, 3.05) is 30.0 Å². The third-order valence-electron chi connectivity index (χ3n) is 4.31. The number of nitrogens with one attached hydrogen (secondary N) is 1. The first-order valence-electron chi connectivity index (χ1n) is 7.74. The molecule has 21 heavy (non-hydrogen) atoms. The molecule has 1 aromatic carbocycles. The first kappa shape index (κ1) is 16.3. The van der Waals surface area contributed by atoms with Crippen LogP contribution in [0.25, 0.3) is 0 Å². The van der Waals surface area contributed by atoms with E-state index in [1.807, 2.05) is 13.1 Å². The second-order valence-corrected chi connectivity index (χ2v) is 7.97. The van der Waals surface area contributed by atoms with E-state index in [-0.39, 0.29) is 11.8 Å². The predicted octanol–water partition coefficient (Wildman–Crippen LogP) is 2.37. The first-order chi connectivity index (χ1) is 9.98. The average molecular weight is 310 g/mol. The summed E-state index contributed by atoms with van der Waals surface area (Å²) in [6.45, 7) is 5.21. The Morgan fingerprint density at radius 1 is 1.33 bits per heavy atom. The van der Waals surface area contributed by atoms with Gasteiger partial charge in [0.15, 0.2) is 9.84 Å². The van der Waals surface area contributed by atoms with Gasteiger partial charge in [-0.1, -0.05) is 32.0 Å². The number of hydrogen-bond acceptors (Lipinski definition) is 4. The maximum absolute atomic E-state index is 11.7. The lowest BCUT2D eigenvalue weighted by Crippen LogP contribution is -2.34. The van der Waals surface area contributed by atoms with Gasteiger partial charge in [-0.05, 0) is 31.0 Å². The Morgan fingerprint density at radius 2 is 2.05 bits per heavy atom. The quantitative estimate of drug-likeness (QED) is 0.876. The number of nitrogens with zero attached hydrogens (tertiary/aromatic N) is 1. The van der Waals surface area contributed by atoms with E-state index in [1.165, 1.54) is 5.56 Å². The van der Waals surface area contributed by atoms with Crippen LogP contribution in [0.2, 0.25) is 0 Å². The molecule has 0 aliphatic carbocycles. The minimum atomic E-state index is -2.85. The molecule has 1 N–H and O–H groups in total. The number of anilines is 1. The number of benzene rings is 1. The molecule has 0 bridgehead atoms. The summed E-state index contributed by atoms with van der Waals surface area (Å²) in [4.78, 5) is 2.15. The van der Waals surface area contributed by atoms with Gasteiger partial charge in [-0.25, -0.2) is 8.42 Å². The molecular weight excluding hydrogens is 284 g/mol. The van der Waals surface area contributed by atoms with Crippen LogP contribution in [-0.2, 0) is 9.84 Å². The maximum Gasteiger partial charge on any atom is 0.152 e. The van der Waals surface area contributed by atoms with Crippen molar-refractivity contribution < 1.29 is 8.42 Å². The van der Waals surface area contributed by atoms with Crippen molar-refractivity contribution in [1.29, 1.82) is 0 Å². The summed E-state index contributed by atoms with van der Waals surface area (Å²) >= 11 is 0. The molecule has 4 nitrogen and oxygen atoms in total. The third-order valence-corrected chi connectivity index (χ3v) is 6.06. The Bertz CT molecular complexity index is 571. The van der Waals surface area contributed by atoms with E-state index in [4.69, 9.17) is 0 Å². The molecule has 0 radical (unpaired) electrons. The van der Waals surface area contributed by atoms with Crippen LogP contribution in [0.5, 0.6) is 0 Å². The van der Waals surface area contributed by atoms with Crippen LogP contribution in [0.15, 0.2) is 24.3 Å². The maximum atomic E-state index is 11.7. The summed E-state index contributed by atoms with van der Waals surface area (Å²) in [5.74, 6) is 0.588. The zero-order valence-corrected chi connectivity index (χ0v) is 14.0. The summed E-state index contributed by atoms with van der Waals surface area (Å²) in [6, 6.07) is 8.73. The third kappa shape index (κ3) is 3.77. The average Bonchev–Trinajstić information content (AvgIpc) is 2.84. The fourth-order valence-electron chi connectivity index (χ4n) is 3.10. The Morgan fingerprint density at radius 3 is 2.62 bits per heavy atom. The van der Waals surface area contributed by atoms with Gasteiger partial charge in [0.05, 0.1) is 11.5 Å². The van der Waals surface area contributed by atoms with Gasteiger partial charge in [0.2, 0.25) is 0 Å². The van der Waals surface area contributed by atoms with Gasteiger partial charge in [-0.3, -0.25) is 0 Å². The lowest BCUT2D eigenvalue weighted by molar-refractivity contribution is 0.535. The van der Waals surface area contributed by atoms with Gasteiger partial charge in [-0.2, -0.15) is 0 Å². The number of sulfone groups is 1. The number of para-hydroxylation sites is 1. The molecule has 0 amide bonds. The summed E-state index contributed by atoms with van der Waals surface area (Å²) in [5, 5.41) is 3.51. The Balaban J connectivity index is 2.27. The van der Waals surface area contributed by atoms with Crippen molar-refractivity contribution in [2.24, 2.45) is 0 Å². The predicted molar refractivity (Wildman–Crippen MR) is 88.6 cm³/mol. The van der Waals surface area contributed by atoms with E-state index in [1.54, 1.807) is 0 Å². The van der Waals surface area contributed by atoms with E-state index >= 15 is 0 Å². The molecule has 1 fully saturated rings. The van der Waals surface area contributed by atoms with E-state index in [9.17, 15) is 8.42 Å². The van der Waals surface area contributed by atoms with Crippen molar-refractivity contribution in [3.05, 3.63) is 29.8 Å². The lowest BCUT2D eigenvalue weighted by atomic mass is 10.0. The SMILES string of the molecule is CCNC(CC)c1ccccc1N(C)C1CCS(=O)(=O)C1. The van der Waals surface area contributed by atoms with Gasteiger partial charge in [0.25, 0.3) is 0 Å². The van der Waals surface area contributed by atoms with Crippen LogP contribution in [0.4, 0.5) is 5.69 Å². The first-order valence-corrected chi connectivity index (χ1v) is 9.56. The molecule has 0 spiro atoms. The van der Waals surface area contributed by atoms with Crippen LogP contribution in [0.3, 0.4) is 0 Å². The van der Waals surface area contributed by atoms with Gasteiger partial charge >= 0.3 is 0 Å². The Kier molecular flexibility index (Phi) is 5.27. The molecule has 5 heteroatoms. The van der Waals surface area contributed by atoms with Crippen molar-refractivity contribution in [3.63, 3.8) is 0 Å². The fourth-order valence-corrected chi connectivity index (χ4v) is 4.88. The van der Waals surface area contributed by atoms with Crippen molar-refractivity contribution >= 4 is 15.5 Å². The zero-order valence-electron chi connectivity index (χ0n) is 13.2. The van der Waals surface area contributed by atoms with E-state index in [2.05, 4.69) is 42.3 Å². The highest BCUT2D eigenvalue weighted by Gasteiger charge is 2.31. The second-order valence-electron chi connectivity index (χ2n) is 5.75. The molecule has 2 atom stereocenters. The van der Waals surface area contributed by atoms with Crippen LogP contribution in [0.1, 0.15) is 38.3 Å². The van der Waals surface area contributed by atoms with Gasteiger partial charge in [-0.15, -0.1) is 0 Å². The lowest BCUT2D eigenvalue weighted by Gasteiger charge is -2.30. The summed E-state index contributed by atoms with van der Waals surface area (Å²) < 4.78 is 23.4. The minimum absolute atomic E-state index is 0.0929. The van der Waals surface area contributed by atoms with E-state index < -0.39 is 9.84 Å². The minimum Gasteiger partial charge on any atom is -0.370 e. The molecule has 1 heterocycles. The van der Waals surface area contributed by atoms with E-state index in [0.717, 1.165) is 25.1 Å². The molecule has 118 valence electrons. The molecule has 1 aliphatic heterocycles. The molecule has 2 rings (SSSR count). The monoisotopic (exact) mass is 310 g/mol. The number of hydrogen-bond donors (Lipinski definition) is 1. The van der Waals surface area contributed by atoms with Gasteiger partial charge in [0.1, 0.15) is 0 Å². The molecular formula is C16H26N2O2S. The van der Waals surface area contributed by atoms with Gasteiger partial charge < -0.3 is 10.2 Å². The smallest absolute Gasteiger partial charge is 0.152 e. The summed E-state index contributed by atoms with van der Waals surface area (Å²) in [7, 11) is -0.838. The second kappa shape index (κ2) is 6.79. The summed E-state index contributed by atoms with van der Waals surface area (Å²) in [6.07, 6.45) is 1.74.